The van der Waals surface area contributed by atoms with Gasteiger partial charge in [0.1, 0.15) is 12.6 Å². The fourth-order valence-corrected chi connectivity index (χ4v) is 5.23. The number of hydrogen-bond donors (Lipinski definition) is 1. The molecule has 0 saturated heterocycles. The summed E-state index contributed by atoms with van der Waals surface area (Å²) in [6.07, 6.45) is 4.80. The van der Waals surface area contributed by atoms with Gasteiger partial charge in [-0.2, -0.15) is 0 Å². The van der Waals surface area contributed by atoms with Crippen LogP contribution < -0.4 is 9.62 Å². The molecule has 1 aliphatic rings. The van der Waals surface area contributed by atoms with Crippen LogP contribution in [0.5, 0.6) is 0 Å². The molecule has 0 bridgehead atoms. The average molecular weight is 517 g/mol. The first-order valence-electron chi connectivity index (χ1n) is 11.8. The summed E-state index contributed by atoms with van der Waals surface area (Å²) in [6.45, 7) is 2.73. The van der Waals surface area contributed by atoms with Crippen molar-refractivity contribution in [3.8, 4) is 0 Å². The van der Waals surface area contributed by atoms with Crippen LogP contribution in [0.2, 0.25) is 0 Å². The maximum atomic E-state index is 13.6. The van der Waals surface area contributed by atoms with E-state index in [1.54, 1.807) is 13.8 Å². The molecule has 194 valence electrons. The van der Waals surface area contributed by atoms with Crippen molar-refractivity contribution in [1.82, 2.24) is 10.2 Å². The highest BCUT2D eigenvalue weighted by Gasteiger charge is 2.32. The number of rotatable bonds is 10. The SMILES string of the molecule is Cc1ccc([N+](=O)[O-])cc1N(CC(=O)N(Cc1ccccc1)C(C)C(=O)NC1CCCC1)S(C)(=O)=O. The summed E-state index contributed by atoms with van der Waals surface area (Å²) in [7, 11) is -3.99. The van der Waals surface area contributed by atoms with Crippen molar-refractivity contribution in [2.24, 2.45) is 0 Å². The molecule has 1 N–H and O–H groups in total. The van der Waals surface area contributed by atoms with Crippen molar-refractivity contribution in [1.29, 1.82) is 0 Å². The highest BCUT2D eigenvalue weighted by atomic mass is 32.2. The van der Waals surface area contributed by atoms with Crippen LogP contribution in [0.25, 0.3) is 0 Å². The topological polar surface area (TPSA) is 130 Å². The molecule has 1 aliphatic carbocycles. The lowest BCUT2D eigenvalue weighted by Gasteiger charge is -2.32. The Bertz CT molecular complexity index is 1210. The van der Waals surface area contributed by atoms with E-state index in [4.69, 9.17) is 0 Å². The van der Waals surface area contributed by atoms with E-state index < -0.39 is 33.4 Å². The maximum Gasteiger partial charge on any atom is 0.271 e. The number of nitro groups is 1. The molecule has 0 heterocycles. The van der Waals surface area contributed by atoms with Gasteiger partial charge in [0, 0.05) is 24.7 Å². The molecule has 2 aromatic rings. The Morgan fingerprint density at radius 3 is 2.36 bits per heavy atom. The number of aryl methyl sites for hydroxylation is 1. The fraction of sp³-hybridized carbons (Fsp3) is 0.440. The fourth-order valence-electron chi connectivity index (χ4n) is 4.33. The van der Waals surface area contributed by atoms with Crippen LogP contribution in [0.1, 0.15) is 43.7 Å². The number of nitrogens with zero attached hydrogens (tertiary/aromatic N) is 3. The van der Waals surface area contributed by atoms with E-state index in [1.165, 1.54) is 17.0 Å². The first-order chi connectivity index (χ1) is 17.0. The zero-order valence-corrected chi connectivity index (χ0v) is 21.5. The van der Waals surface area contributed by atoms with Crippen LogP contribution in [-0.2, 0) is 26.2 Å². The third-order valence-corrected chi connectivity index (χ3v) is 7.54. The Morgan fingerprint density at radius 1 is 1.14 bits per heavy atom. The van der Waals surface area contributed by atoms with Crippen molar-refractivity contribution < 1.29 is 22.9 Å². The lowest BCUT2D eigenvalue weighted by atomic mass is 10.1. The van der Waals surface area contributed by atoms with Crippen molar-refractivity contribution in [3.05, 3.63) is 69.8 Å². The van der Waals surface area contributed by atoms with E-state index >= 15 is 0 Å². The molecule has 10 nitrogen and oxygen atoms in total. The number of sulfonamides is 1. The van der Waals surface area contributed by atoms with Gasteiger partial charge in [-0.15, -0.1) is 0 Å². The van der Waals surface area contributed by atoms with Crippen LogP contribution in [0, 0.1) is 17.0 Å². The standard InChI is InChI=1S/C25H32N4O6S/c1-18-13-14-22(29(32)33)15-23(18)28(36(3,34)35)17-24(30)27(16-20-9-5-4-6-10-20)19(2)25(31)26-21-11-7-8-12-21/h4-6,9-10,13-15,19,21H,7-8,11-12,16-17H2,1-3H3,(H,26,31). The van der Waals surface area contributed by atoms with Gasteiger partial charge in [0.05, 0.1) is 16.9 Å². The molecule has 0 spiro atoms. The molecule has 0 radical (unpaired) electrons. The minimum absolute atomic E-state index is 0.0442. The Morgan fingerprint density at radius 2 is 1.78 bits per heavy atom. The number of non-ortho nitro benzene ring substituents is 1. The zero-order valence-electron chi connectivity index (χ0n) is 20.7. The van der Waals surface area contributed by atoms with Crippen molar-refractivity contribution in [3.63, 3.8) is 0 Å². The molecule has 2 amide bonds. The predicted octanol–water partition coefficient (Wildman–Crippen LogP) is 3.15. The van der Waals surface area contributed by atoms with Gasteiger partial charge in [-0.05, 0) is 37.8 Å². The van der Waals surface area contributed by atoms with Crippen LogP contribution in [0.3, 0.4) is 0 Å². The molecule has 1 atom stereocenters. The molecule has 11 heteroatoms. The van der Waals surface area contributed by atoms with Gasteiger partial charge in [-0.3, -0.25) is 24.0 Å². The van der Waals surface area contributed by atoms with E-state index in [2.05, 4.69) is 5.32 Å². The summed E-state index contributed by atoms with van der Waals surface area (Å²) < 4.78 is 26.3. The molecule has 1 unspecified atom stereocenters. The summed E-state index contributed by atoms with van der Waals surface area (Å²) >= 11 is 0. The summed E-state index contributed by atoms with van der Waals surface area (Å²) in [5.74, 6) is -0.895. The zero-order chi connectivity index (χ0) is 26.5. The number of amides is 2. The second-order valence-electron chi connectivity index (χ2n) is 9.17. The van der Waals surface area contributed by atoms with Crippen LogP contribution in [0.15, 0.2) is 48.5 Å². The smallest absolute Gasteiger partial charge is 0.271 e. The average Bonchev–Trinajstić information content (AvgIpc) is 3.33. The lowest BCUT2D eigenvalue weighted by molar-refractivity contribution is -0.384. The summed E-state index contributed by atoms with van der Waals surface area (Å²) in [5, 5.41) is 14.3. The number of anilines is 1. The lowest BCUT2D eigenvalue weighted by Crippen LogP contribution is -2.52. The molecule has 3 rings (SSSR count). The monoisotopic (exact) mass is 516 g/mol. The highest BCUT2D eigenvalue weighted by molar-refractivity contribution is 7.92. The van der Waals surface area contributed by atoms with Gasteiger partial charge in [0.25, 0.3) is 5.69 Å². The third kappa shape index (κ3) is 6.81. The van der Waals surface area contributed by atoms with Gasteiger partial charge in [0.2, 0.25) is 21.8 Å². The van der Waals surface area contributed by atoms with E-state index in [9.17, 15) is 28.1 Å². The highest BCUT2D eigenvalue weighted by Crippen LogP contribution is 2.28. The number of benzene rings is 2. The Balaban J connectivity index is 1.92. The number of carbonyl (C=O) groups excluding carboxylic acids is 2. The molecule has 2 aromatic carbocycles. The second-order valence-corrected chi connectivity index (χ2v) is 11.1. The summed E-state index contributed by atoms with van der Waals surface area (Å²) in [6, 6.07) is 12.2. The van der Waals surface area contributed by atoms with Crippen molar-refractivity contribution in [2.45, 2.75) is 58.2 Å². The van der Waals surface area contributed by atoms with Crippen LogP contribution in [-0.4, -0.2) is 54.9 Å². The summed E-state index contributed by atoms with van der Waals surface area (Å²) in [5.41, 5.74) is 0.995. The minimum Gasteiger partial charge on any atom is -0.352 e. The normalized spacial score (nSPS) is 14.8. The Kier molecular flexibility index (Phi) is 8.67. The first-order valence-corrected chi connectivity index (χ1v) is 13.7. The van der Waals surface area contributed by atoms with Gasteiger partial charge in [0.15, 0.2) is 0 Å². The van der Waals surface area contributed by atoms with Crippen molar-refractivity contribution >= 4 is 33.2 Å². The van der Waals surface area contributed by atoms with Crippen LogP contribution >= 0.6 is 0 Å². The molecule has 0 aliphatic heterocycles. The number of nitro benzene ring substituents is 1. The van der Waals surface area contributed by atoms with Gasteiger partial charge >= 0.3 is 0 Å². The number of nitrogens with one attached hydrogen (secondary N) is 1. The summed E-state index contributed by atoms with van der Waals surface area (Å²) in [4.78, 5) is 38.7. The molecule has 36 heavy (non-hydrogen) atoms. The Hall–Kier alpha value is -3.47. The minimum atomic E-state index is -3.99. The largest absolute Gasteiger partial charge is 0.352 e. The number of carbonyl (C=O) groups is 2. The maximum absolute atomic E-state index is 13.6. The van der Waals surface area contributed by atoms with E-state index in [0.717, 1.165) is 47.9 Å². The molecule has 0 aromatic heterocycles. The third-order valence-electron chi connectivity index (χ3n) is 6.42. The quantitative estimate of drug-likeness (QED) is 0.381. The first kappa shape index (κ1) is 27.1. The van der Waals surface area contributed by atoms with E-state index in [1.807, 2.05) is 30.3 Å². The second kappa shape index (κ2) is 11.5. The van der Waals surface area contributed by atoms with E-state index in [0.29, 0.717) is 5.56 Å². The molecular formula is C25H32N4O6S. The van der Waals surface area contributed by atoms with Crippen LogP contribution in [0.4, 0.5) is 11.4 Å². The van der Waals surface area contributed by atoms with E-state index in [-0.39, 0.29) is 29.9 Å². The Labute approximate surface area is 211 Å². The van der Waals surface area contributed by atoms with Gasteiger partial charge in [-0.1, -0.05) is 49.2 Å². The van der Waals surface area contributed by atoms with Crippen molar-refractivity contribution in [2.75, 3.05) is 17.1 Å². The van der Waals surface area contributed by atoms with Gasteiger partial charge in [-0.25, -0.2) is 8.42 Å². The predicted molar refractivity (Wildman–Crippen MR) is 137 cm³/mol. The molecule has 1 saturated carbocycles. The van der Waals surface area contributed by atoms with Gasteiger partial charge < -0.3 is 10.2 Å². The molecular weight excluding hydrogens is 484 g/mol. The number of hydrogen-bond acceptors (Lipinski definition) is 6. The molecule has 1 fully saturated rings.